The van der Waals surface area contributed by atoms with E-state index in [4.69, 9.17) is 9.47 Å². The van der Waals surface area contributed by atoms with Crippen LogP contribution in [0.4, 0.5) is 4.79 Å². The van der Waals surface area contributed by atoms with Gasteiger partial charge in [0.1, 0.15) is 18.2 Å². The lowest BCUT2D eigenvalue weighted by molar-refractivity contribution is -0.168. The second kappa shape index (κ2) is 9.49. The zero-order chi connectivity index (χ0) is 21.7. The Balaban J connectivity index is 1.78. The molecule has 2 aliphatic heterocycles. The number of rotatable bonds is 4. The van der Waals surface area contributed by atoms with E-state index < -0.39 is 29.6 Å². The lowest BCUT2D eigenvalue weighted by Gasteiger charge is -2.40. The first-order valence-electron chi connectivity index (χ1n) is 10.8. The van der Waals surface area contributed by atoms with E-state index in [0.29, 0.717) is 32.5 Å². The fraction of sp³-hybridized carbons (Fsp3) is 0.609. The van der Waals surface area contributed by atoms with Crippen molar-refractivity contribution in [3.05, 3.63) is 35.9 Å². The largest absolute Gasteiger partial charge is 0.458 e. The highest BCUT2D eigenvalue weighted by molar-refractivity contribution is 5.90. The first-order chi connectivity index (χ1) is 14.3. The van der Waals surface area contributed by atoms with Crippen molar-refractivity contribution in [2.45, 2.75) is 64.7 Å². The van der Waals surface area contributed by atoms with Crippen LogP contribution in [-0.2, 0) is 25.7 Å². The Bertz CT molecular complexity index is 753. The number of hydrogen-bond donors (Lipinski definition) is 0. The van der Waals surface area contributed by atoms with Crippen LogP contribution in [0.5, 0.6) is 0 Å². The lowest BCUT2D eigenvalue weighted by atomic mass is 9.87. The Hall–Kier alpha value is -2.57. The predicted molar refractivity (Wildman–Crippen MR) is 112 cm³/mol. The quantitative estimate of drug-likeness (QED) is 0.704. The first-order valence-corrected chi connectivity index (χ1v) is 10.8. The van der Waals surface area contributed by atoms with E-state index in [1.807, 2.05) is 30.3 Å². The average molecular weight is 417 g/mol. The molecular weight excluding hydrogens is 384 g/mol. The number of carbonyl (C=O) groups is 3. The fourth-order valence-corrected chi connectivity index (χ4v) is 4.09. The van der Waals surface area contributed by atoms with Gasteiger partial charge in [0.05, 0.1) is 5.92 Å². The van der Waals surface area contributed by atoms with Crippen LogP contribution >= 0.6 is 0 Å². The Morgan fingerprint density at radius 2 is 1.67 bits per heavy atom. The molecule has 164 valence electrons. The van der Waals surface area contributed by atoms with Crippen LogP contribution in [0, 0.1) is 5.92 Å². The highest BCUT2D eigenvalue weighted by Crippen LogP contribution is 2.30. The topological polar surface area (TPSA) is 76.2 Å². The van der Waals surface area contributed by atoms with Crippen molar-refractivity contribution in [3.63, 3.8) is 0 Å². The van der Waals surface area contributed by atoms with Gasteiger partial charge in [0, 0.05) is 19.6 Å². The van der Waals surface area contributed by atoms with Crippen molar-refractivity contribution in [2.75, 3.05) is 19.6 Å². The van der Waals surface area contributed by atoms with Gasteiger partial charge in [0.2, 0.25) is 5.91 Å². The lowest BCUT2D eigenvalue weighted by Crippen LogP contribution is -2.58. The van der Waals surface area contributed by atoms with Gasteiger partial charge in [-0.15, -0.1) is 0 Å². The molecule has 2 fully saturated rings. The van der Waals surface area contributed by atoms with Gasteiger partial charge in [-0.05, 0) is 52.0 Å². The number of ether oxygens (including phenoxy) is 2. The van der Waals surface area contributed by atoms with E-state index in [1.54, 1.807) is 25.7 Å². The highest BCUT2D eigenvalue weighted by Gasteiger charge is 2.46. The molecule has 0 bridgehead atoms. The van der Waals surface area contributed by atoms with E-state index in [1.165, 1.54) is 4.90 Å². The second-order valence-corrected chi connectivity index (χ2v) is 8.99. The third-order valence-electron chi connectivity index (χ3n) is 5.45. The minimum Gasteiger partial charge on any atom is -0.458 e. The summed E-state index contributed by atoms with van der Waals surface area (Å²) >= 11 is 0. The third-order valence-corrected chi connectivity index (χ3v) is 5.45. The molecule has 2 saturated heterocycles. The highest BCUT2D eigenvalue weighted by atomic mass is 16.6. The van der Waals surface area contributed by atoms with Crippen LogP contribution in [-0.4, -0.2) is 59.0 Å². The maximum atomic E-state index is 13.2. The van der Waals surface area contributed by atoms with Gasteiger partial charge in [-0.1, -0.05) is 30.3 Å². The van der Waals surface area contributed by atoms with Gasteiger partial charge in [0.15, 0.2) is 0 Å². The molecule has 7 nitrogen and oxygen atoms in total. The number of esters is 1. The summed E-state index contributed by atoms with van der Waals surface area (Å²) in [5, 5.41) is 0. The van der Waals surface area contributed by atoms with Gasteiger partial charge >= 0.3 is 12.1 Å². The molecule has 2 heterocycles. The molecule has 30 heavy (non-hydrogen) atoms. The van der Waals surface area contributed by atoms with E-state index in [0.717, 1.165) is 18.4 Å². The summed E-state index contributed by atoms with van der Waals surface area (Å²) in [6, 6.07) is 8.41. The number of piperidine rings is 1. The van der Waals surface area contributed by atoms with Crippen molar-refractivity contribution in [2.24, 2.45) is 5.92 Å². The van der Waals surface area contributed by atoms with Crippen molar-refractivity contribution in [1.82, 2.24) is 9.80 Å². The van der Waals surface area contributed by atoms with Crippen LogP contribution in [0.3, 0.4) is 0 Å². The molecular formula is C23H32N2O5. The number of hydrogen-bond acceptors (Lipinski definition) is 5. The van der Waals surface area contributed by atoms with Crippen LogP contribution in [0.15, 0.2) is 30.3 Å². The minimum atomic E-state index is -0.964. The van der Waals surface area contributed by atoms with E-state index in [2.05, 4.69) is 0 Å². The molecule has 0 N–H and O–H groups in total. The van der Waals surface area contributed by atoms with Crippen LogP contribution in [0.25, 0.3) is 0 Å². The standard InChI is InChI=1S/C23H32N2O5/c1-23(2,3)30-21(27)19-18(20(26)24-13-7-8-14-24)12-9-15-25(19)22(28)29-16-17-10-5-4-6-11-17/h4-6,10-11,18-19H,7-9,12-16H2,1-3H3/t18-,19+/m0/s1. The molecule has 1 aromatic rings. The molecule has 7 heteroatoms. The first kappa shape index (κ1) is 22.1. The van der Waals surface area contributed by atoms with Crippen LogP contribution in [0.2, 0.25) is 0 Å². The molecule has 0 unspecified atom stereocenters. The zero-order valence-corrected chi connectivity index (χ0v) is 18.1. The molecule has 0 aromatic heterocycles. The Kier molecular flexibility index (Phi) is 7.00. The number of likely N-dealkylation sites (tertiary alicyclic amines) is 2. The Morgan fingerprint density at radius 1 is 1.00 bits per heavy atom. The second-order valence-electron chi connectivity index (χ2n) is 8.99. The molecule has 2 amide bonds. The molecule has 2 atom stereocenters. The SMILES string of the molecule is CC(C)(C)OC(=O)[C@H]1[C@@H](C(=O)N2CCCC2)CCCN1C(=O)OCc1ccccc1. The molecule has 0 radical (unpaired) electrons. The molecule has 0 saturated carbocycles. The maximum absolute atomic E-state index is 13.2. The molecule has 2 aliphatic rings. The van der Waals surface area contributed by atoms with E-state index in [9.17, 15) is 14.4 Å². The summed E-state index contributed by atoms with van der Waals surface area (Å²) in [7, 11) is 0. The van der Waals surface area contributed by atoms with Crippen LogP contribution < -0.4 is 0 Å². The van der Waals surface area contributed by atoms with Gasteiger partial charge in [0.25, 0.3) is 0 Å². The normalized spacial score (nSPS) is 22.0. The Morgan fingerprint density at radius 3 is 2.30 bits per heavy atom. The number of amides is 2. The summed E-state index contributed by atoms with van der Waals surface area (Å²) in [5.74, 6) is -1.21. The molecule has 0 aliphatic carbocycles. The number of nitrogens with zero attached hydrogens (tertiary/aromatic N) is 2. The third kappa shape index (κ3) is 5.52. The van der Waals surface area contributed by atoms with E-state index >= 15 is 0 Å². The summed E-state index contributed by atoms with van der Waals surface area (Å²) in [5.41, 5.74) is 0.149. The van der Waals surface area contributed by atoms with Gasteiger partial charge in [-0.25, -0.2) is 9.59 Å². The maximum Gasteiger partial charge on any atom is 0.410 e. The van der Waals surface area contributed by atoms with Crippen molar-refractivity contribution < 1.29 is 23.9 Å². The predicted octanol–water partition coefficient (Wildman–Crippen LogP) is 3.37. The average Bonchev–Trinajstić information content (AvgIpc) is 3.25. The number of carbonyl (C=O) groups excluding carboxylic acids is 3. The molecule has 0 spiro atoms. The van der Waals surface area contributed by atoms with E-state index in [-0.39, 0.29) is 12.5 Å². The Labute approximate surface area is 178 Å². The monoisotopic (exact) mass is 416 g/mol. The van der Waals surface area contributed by atoms with Gasteiger partial charge < -0.3 is 14.4 Å². The smallest absolute Gasteiger partial charge is 0.410 e. The fourth-order valence-electron chi connectivity index (χ4n) is 4.09. The summed E-state index contributed by atoms with van der Waals surface area (Å²) in [4.78, 5) is 42.4. The van der Waals surface area contributed by atoms with Crippen molar-refractivity contribution in [1.29, 1.82) is 0 Å². The summed E-state index contributed by atoms with van der Waals surface area (Å²) in [6.07, 6.45) is 2.55. The van der Waals surface area contributed by atoms with Crippen LogP contribution in [0.1, 0.15) is 52.0 Å². The zero-order valence-electron chi connectivity index (χ0n) is 18.1. The van der Waals surface area contributed by atoms with Gasteiger partial charge in [-0.3, -0.25) is 9.69 Å². The number of benzene rings is 1. The summed E-state index contributed by atoms with van der Waals surface area (Å²) in [6.45, 7) is 7.22. The van der Waals surface area contributed by atoms with Crippen molar-refractivity contribution >= 4 is 18.0 Å². The molecule has 3 rings (SSSR count). The van der Waals surface area contributed by atoms with Gasteiger partial charge in [-0.2, -0.15) is 0 Å². The molecule has 1 aromatic carbocycles. The van der Waals surface area contributed by atoms with Crippen molar-refractivity contribution in [3.8, 4) is 0 Å². The summed E-state index contributed by atoms with van der Waals surface area (Å²) < 4.78 is 11.1. The minimum absolute atomic E-state index is 0.0658.